The summed E-state index contributed by atoms with van der Waals surface area (Å²) in [5, 5.41) is 6.32. The number of carbonyl (C=O) groups is 2. The van der Waals surface area contributed by atoms with Crippen molar-refractivity contribution in [2.45, 2.75) is 19.1 Å². The monoisotopic (exact) mass is 571 g/mol. The van der Waals surface area contributed by atoms with Crippen molar-refractivity contribution in [2.75, 3.05) is 12.4 Å². The van der Waals surface area contributed by atoms with Crippen molar-refractivity contribution in [3.8, 4) is 17.0 Å². The van der Waals surface area contributed by atoms with Crippen molar-refractivity contribution in [3.05, 3.63) is 114 Å². The Balaban J connectivity index is 1.31. The van der Waals surface area contributed by atoms with Gasteiger partial charge in [0, 0.05) is 35.0 Å². The van der Waals surface area contributed by atoms with Crippen LogP contribution in [-0.4, -0.2) is 33.9 Å². The van der Waals surface area contributed by atoms with E-state index in [2.05, 4.69) is 25.6 Å². The average Bonchev–Trinajstić information content (AvgIpc) is 3.00. The largest absolute Gasteiger partial charge is 0.497 e. The number of ether oxygens (including phenoxy) is 1. The van der Waals surface area contributed by atoms with E-state index in [-0.39, 0.29) is 29.0 Å². The summed E-state index contributed by atoms with van der Waals surface area (Å²) in [6.45, 7) is 1.82. The van der Waals surface area contributed by atoms with Gasteiger partial charge in [0.15, 0.2) is 0 Å². The zero-order valence-electron chi connectivity index (χ0n) is 22.4. The minimum absolute atomic E-state index is 0.172. The molecular weight excluding hydrogens is 547 g/mol. The molecule has 2 aromatic carbocycles. The lowest BCUT2D eigenvalue weighted by Gasteiger charge is -2.14. The lowest BCUT2D eigenvalue weighted by molar-refractivity contribution is -0.137. The number of amides is 2. The predicted octanol–water partition coefficient (Wildman–Crippen LogP) is 6.46. The van der Waals surface area contributed by atoms with Crippen LogP contribution >= 0.6 is 0 Å². The first kappa shape index (κ1) is 28.2. The SMILES string of the molecule is COc1ccnc([C@@H](C)NC(=O)c2ccc3nc(NC(=O)c4cccnc4-c4ccc(C(F)(F)F)cc4)ccc3c2)c1. The molecule has 3 heterocycles. The van der Waals surface area contributed by atoms with Gasteiger partial charge in [-0.15, -0.1) is 0 Å². The van der Waals surface area contributed by atoms with Gasteiger partial charge in [0.1, 0.15) is 11.6 Å². The second-order valence-corrected chi connectivity index (χ2v) is 9.35. The fourth-order valence-corrected chi connectivity index (χ4v) is 4.30. The molecule has 3 aromatic heterocycles. The highest BCUT2D eigenvalue weighted by molar-refractivity contribution is 6.08. The van der Waals surface area contributed by atoms with E-state index in [9.17, 15) is 22.8 Å². The number of aromatic nitrogens is 3. The highest BCUT2D eigenvalue weighted by Gasteiger charge is 2.30. The van der Waals surface area contributed by atoms with Crippen LogP contribution in [0.3, 0.4) is 0 Å². The van der Waals surface area contributed by atoms with Crippen molar-refractivity contribution >= 4 is 28.5 Å². The van der Waals surface area contributed by atoms with Crippen LogP contribution < -0.4 is 15.4 Å². The predicted molar refractivity (Wildman–Crippen MR) is 151 cm³/mol. The van der Waals surface area contributed by atoms with Crippen LogP contribution in [0.1, 0.15) is 44.9 Å². The van der Waals surface area contributed by atoms with E-state index in [1.165, 1.54) is 24.4 Å². The van der Waals surface area contributed by atoms with Gasteiger partial charge in [-0.2, -0.15) is 13.2 Å². The van der Waals surface area contributed by atoms with Crippen LogP contribution in [0, 0.1) is 0 Å². The first-order valence-electron chi connectivity index (χ1n) is 12.8. The van der Waals surface area contributed by atoms with E-state index in [1.54, 1.807) is 61.8 Å². The van der Waals surface area contributed by atoms with Crippen molar-refractivity contribution in [3.63, 3.8) is 0 Å². The van der Waals surface area contributed by atoms with Crippen LogP contribution in [0.25, 0.3) is 22.2 Å². The molecule has 0 radical (unpaired) electrons. The Morgan fingerprint density at radius 2 is 1.67 bits per heavy atom. The van der Waals surface area contributed by atoms with E-state index in [4.69, 9.17) is 4.74 Å². The Morgan fingerprint density at radius 1 is 0.881 bits per heavy atom. The second kappa shape index (κ2) is 11.7. The summed E-state index contributed by atoms with van der Waals surface area (Å²) < 4.78 is 44.1. The van der Waals surface area contributed by atoms with Crippen LogP contribution in [0.15, 0.2) is 91.3 Å². The third-order valence-corrected chi connectivity index (χ3v) is 6.51. The zero-order chi connectivity index (χ0) is 29.9. The summed E-state index contributed by atoms with van der Waals surface area (Å²) >= 11 is 0. The maximum absolute atomic E-state index is 13.1. The molecule has 5 rings (SSSR count). The number of fused-ring (bicyclic) bond motifs is 1. The molecule has 0 bridgehead atoms. The Labute approximate surface area is 238 Å². The molecule has 42 heavy (non-hydrogen) atoms. The summed E-state index contributed by atoms with van der Waals surface area (Å²) in [4.78, 5) is 39.0. The molecular formula is C31H24F3N5O3. The van der Waals surface area contributed by atoms with E-state index < -0.39 is 17.6 Å². The van der Waals surface area contributed by atoms with Gasteiger partial charge in [-0.3, -0.25) is 19.6 Å². The van der Waals surface area contributed by atoms with E-state index >= 15 is 0 Å². The van der Waals surface area contributed by atoms with E-state index in [0.717, 1.165) is 12.1 Å². The summed E-state index contributed by atoms with van der Waals surface area (Å²) in [5.41, 5.74) is 1.60. The molecule has 0 fully saturated rings. The number of alkyl halides is 3. The summed E-state index contributed by atoms with van der Waals surface area (Å²) in [6, 6.07) is 19.0. The van der Waals surface area contributed by atoms with Gasteiger partial charge >= 0.3 is 6.18 Å². The fourth-order valence-electron chi connectivity index (χ4n) is 4.30. The van der Waals surface area contributed by atoms with Crippen LogP contribution in [-0.2, 0) is 6.18 Å². The average molecular weight is 572 g/mol. The summed E-state index contributed by atoms with van der Waals surface area (Å²) in [5.74, 6) is 0.0736. The molecule has 0 saturated carbocycles. The molecule has 0 aliphatic carbocycles. The lowest BCUT2D eigenvalue weighted by Crippen LogP contribution is -2.27. The topological polar surface area (TPSA) is 106 Å². The molecule has 0 unspecified atom stereocenters. The molecule has 11 heteroatoms. The minimum Gasteiger partial charge on any atom is -0.497 e. The Morgan fingerprint density at radius 3 is 2.40 bits per heavy atom. The normalized spacial score (nSPS) is 12.0. The molecule has 0 aliphatic heterocycles. The van der Waals surface area contributed by atoms with Gasteiger partial charge in [-0.25, -0.2) is 4.98 Å². The number of nitrogens with zero attached hydrogens (tertiary/aromatic N) is 3. The third-order valence-electron chi connectivity index (χ3n) is 6.51. The number of hydrogen-bond acceptors (Lipinski definition) is 6. The molecule has 8 nitrogen and oxygen atoms in total. The van der Waals surface area contributed by atoms with Crippen molar-refractivity contribution in [1.29, 1.82) is 0 Å². The summed E-state index contributed by atoms with van der Waals surface area (Å²) in [7, 11) is 1.56. The third kappa shape index (κ3) is 6.20. The number of methoxy groups -OCH3 is 1. The van der Waals surface area contributed by atoms with Crippen molar-refractivity contribution < 1.29 is 27.5 Å². The van der Waals surface area contributed by atoms with Crippen LogP contribution in [0.2, 0.25) is 0 Å². The van der Waals surface area contributed by atoms with Crippen LogP contribution in [0.5, 0.6) is 5.75 Å². The van der Waals surface area contributed by atoms with Gasteiger partial charge in [-0.05, 0) is 67.6 Å². The molecule has 1 atom stereocenters. The number of anilines is 1. The molecule has 212 valence electrons. The number of hydrogen-bond donors (Lipinski definition) is 2. The smallest absolute Gasteiger partial charge is 0.416 e. The van der Waals surface area contributed by atoms with Gasteiger partial charge in [0.25, 0.3) is 11.8 Å². The lowest BCUT2D eigenvalue weighted by atomic mass is 10.0. The molecule has 0 aliphatic rings. The second-order valence-electron chi connectivity index (χ2n) is 9.35. The number of halogens is 3. The van der Waals surface area contributed by atoms with Crippen LogP contribution in [0.4, 0.5) is 19.0 Å². The number of nitrogens with one attached hydrogen (secondary N) is 2. The molecule has 0 saturated heterocycles. The highest BCUT2D eigenvalue weighted by Crippen LogP contribution is 2.31. The van der Waals surface area contributed by atoms with Gasteiger partial charge in [0.2, 0.25) is 0 Å². The molecule has 2 N–H and O–H groups in total. The van der Waals surface area contributed by atoms with Crippen molar-refractivity contribution in [2.24, 2.45) is 0 Å². The van der Waals surface area contributed by atoms with Gasteiger partial charge < -0.3 is 15.4 Å². The number of benzene rings is 2. The van der Waals surface area contributed by atoms with E-state index in [0.29, 0.717) is 33.5 Å². The Hall–Kier alpha value is -5.32. The molecule has 0 spiro atoms. The van der Waals surface area contributed by atoms with Crippen molar-refractivity contribution in [1.82, 2.24) is 20.3 Å². The van der Waals surface area contributed by atoms with E-state index in [1.807, 2.05) is 6.92 Å². The maximum Gasteiger partial charge on any atom is 0.416 e. The minimum atomic E-state index is -4.47. The molecule has 2 amide bonds. The van der Waals surface area contributed by atoms with Gasteiger partial charge in [-0.1, -0.05) is 12.1 Å². The zero-order valence-corrected chi connectivity index (χ0v) is 22.4. The number of pyridine rings is 3. The highest BCUT2D eigenvalue weighted by atomic mass is 19.4. The number of carbonyl (C=O) groups excluding carboxylic acids is 2. The maximum atomic E-state index is 13.1. The summed E-state index contributed by atoms with van der Waals surface area (Å²) in [6.07, 6.45) is -1.40. The van der Waals surface area contributed by atoms with Gasteiger partial charge in [0.05, 0.1) is 41.2 Å². The standard InChI is InChI=1S/C31H24F3N5O3/c1-18(26-17-23(42-2)13-15-35-26)37-29(40)21-7-11-25-20(16-21)8-12-27(38-25)39-30(41)24-4-3-14-36-28(24)19-5-9-22(10-6-19)31(32,33)34/h3-18H,1-2H3,(H,37,40)(H,38,39,41)/t18-/m1/s1. The first-order valence-corrected chi connectivity index (χ1v) is 12.8. The first-order chi connectivity index (χ1) is 20.1. The molecule has 5 aromatic rings. The number of rotatable bonds is 7. The Bertz CT molecular complexity index is 1770. The quantitative estimate of drug-likeness (QED) is 0.232. The Kier molecular flexibility index (Phi) is 7.83. The fraction of sp³-hybridized carbons (Fsp3) is 0.129.